The van der Waals surface area contributed by atoms with Gasteiger partial charge < -0.3 is 16.2 Å². The van der Waals surface area contributed by atoms with Gasteiger partial charge >= 0.3 is 6.09 Å². The van der Waals surface area contributed by atoms with Crippen molar-refractivity contribution >= 4 is 38.2 Å². The number of rotatable bonds is 8. The van der Waals surface area contributed by atoms with Crippen LogP contribution in [0.5, 0.6) is 0 Å². The highest BCUT2D eigenvalue weighted by Gasteiger charge is 2.28. The van der Waals surface area contributed by atoms with Gasteiger partial charge in [-0.1, -0.05) is 36.6 Å². The molecule has 1 aromatic carbocycles. The Morgan fingerprint density at radius 3 is 2.62 bits per heavy atom. The van der Waals surface area contributed by atoms with E-state index in [9.17, 15) is 22.7 Å². The van der Waals surface area contributed by atoms with E-state index in [0.29, 0.717) is 16.2 Å². The summed E-state index contributed by atoms with van der Waals surface area (Å²) in [6, 6.07) is 6.60. The smallest absolute Gasteiger partial charge is 0.389 e. The fourth-order valence-corrected chi connectivity index (χ4v) is 6.13. The van der Waals surface area contributed by atoms with Crippen LogP contribution in [0, 0.1) is 5.82 Å². The van der Waals surface area contributed by atoms with Crippen LogP contribution in [0.1, 0.15) is 55.6 Å². The van der Waals surface area contributed by atoms with Gasteiger partial charge in [0.1, 0.15) is 15.7 Å². The van der Waals surface area contributed by atoms with E-state index in [-0.39, 0.29) is 22.5 Å². The number of hydrogen-bond donors (Lipinski definition) is 3. The number of anilines is 1. The SMILES string of the molecule is C/C(=N/OC(=O)NC1CCCCC1)c1cc(S(=O)(=O)N(C)CC(O)c2ccc(F)cc2)c(N)s1. The first-order chi connectivity index (χ1) is 16.1. The first-order valence-corrected chi connectivity index (χ1v) is 13.1. The Hall–Kier alpha value is -2.54. The van der Waals surface area contributed by atoms with E-state index >= 15 is 0 Å². The number of benzene rings is 1. The number of sulfonamides is 1. The van der Waals surface area contributed by atoms with Gasteiger partial charge in [-0.25, -0.2) is 17.6 Å². The van der Waals surface area contributed by atoms with Crippen molar-refractivity contribution < 1.29 is 27.5 Å². The van der Waals surface area contributed by atoms with Crippen LogP contribution in [0.15, 0.2) is 40.4 Å². The summed E-state index contributed by atoms with van der Waals surface area (Å²) in [6.45, 7) is 1.33. The molecule has 1 aromatic heterocycles. The zero-order valence-electron chi connectivity index (χ0n) is 19.0. The zero-order valence-corrected chi connectivity index (χ0v) is 20.7. The molecule has 1 heterocycles. The third-order valence-corrected chi connectivity index (χ3v) is 8.71. The molecule has 0 aliphatic heterocycles. The third-order valence-electron chi connectivity index (χ3n) is 5.65. The van der Waals surface area contributed by atoms with E-state index in [1.807, 2.05) is 0 Å². The summed E-state index contributed by atoms with van der Waals surface area (Å²) in [5.41, 5.74) is 6.66. The number of oxime groups is 1. The Balaban J connectivity index is 1.66. The molecule has 186 valence electrons. The molecule has 1 aliphatic rings. The second kappa shape index (κ2) is 11.3. The number of likely N-dealkylation sites (N-methyl/N-ethyl adjacent to an activating group) is 1. The maximum Gasteiger partial charge on any atom is 0.433 e. The lowest BCUT2D eigenvalue weighted by atomic mass is 9.96. The van der Waals surface area contributed by atoms with Gasteiger partial charge in [0.2, 0.25) is 10.0 Å². The number of nitrogens with one attached hydrogen (secondary N) is 1. The van der Waals surface area contributed by atoms with Crippen LogP contribution >= 0.6 is 11.3 Å². The quantitative estimate of drug-likeness (QED) is 0.281. The molecule has 1 aliphatic carbocycles. The topological polar surface area (TPSA) is 134 Å². The minimum atomic E-state index is -4.03. The first kappa shape index (κ1) is 26.1. The molecule has 12 heteroatoms. The fraction of sp³-hybridized carbons (Fsp3) is 0.455. The van der Waals surface area contributed by atoms with Crippen LogP contribution in [0.25, 0.3) is 0 Å². The maximum atomic E-state index is 13.1. The number of carbonyl (C=O) groups excluding carboxylic acids is 1. The Morgan fingerprint density at radius 2 is 1.97 bits per heavy atom. The number of aliphatic hydroxyl groups excluding tert-OH is 1. The molecule has 0 spiro atoms. The standard InChI is InChI=1S/C22H29FN4O5S2/c1-14(26-32-22(29)25-17-6-4-3-5-7-17)19-12-20(21(24)33-19)34(30,31)27(2)13-18(28)15-8-10-16(23)11-9-15/h8-12,17-18,28H,3-7,13,24H2,1-2H3,(H,25,29)/b26-14-. The van der Waals surface area contributed by atoms with Crippen molar-refractivity contribution in [3.8, 4) is 0 Å². The Labute approximate surface area is 202 Å². The molecule has 1 atom stereocenters. The molecule has 0 bridgehead atoms. The van der Waals surface area contributed by atoms with Crippen LogP contribution in [0.3, 0.4) is 0 Å². The van der Waals surface area contributed by atoms with Crippen molar-refractivity contribution in [2.75, 3.05) is 19.3 Å². The van der Waals surface area contributed by atoms with Gasteiger partial charge in [-0.05, 0) is 43.5 Å². The number of carbonyl (C=O) groups is 1. The van der Waals surface area contributed by atoms with Gasteiger partial charge in [-0.3, -0.25) is 4.84 Å². The average molecular weight is 513 g/mol. The average Bonchev–Trinajstić information content (AvgIpc) is 3.21. The minimum absolute atomic E-state index is 0.0410. The molecule has 2 aromatic rings. The van der Waals surface area contributed by atoms with Crippen molar-refractivity contribution in [3.05, 3.63) is 46.6 Å². The molecule has 0 radical (unpaired) electrons. The lowest BCUT2D eigenvalue weighted by molar-refractivity contribution is 0.143. The van der Waals surface area contributed by atoms with Crippen LogP contribution in [-0.2, 0) is 14.9 Å². The van der Waals surface area contributed by atoms with Crippen LogP contribution in [0.4, 0.5) is 14.2 Å². The number of amides is 1. The highest BCUT2D eigenvalue weighted by Crippen LogP contribution is 2.32. The predicted octanol–water partition coefficient (Wildman–Crippen LogP) is 3.61. The molecule has 1 amide bonds. The number of aliphatic hydroxyl groups is 1. The monoisotopic (exact) mass is 512 g/mol. The molecule has 9 nitrogen and oxygen atoms in total. The minimum Gasteiger partial charge on any atom is -0.389 e. The van der Waals surface area contributed by atoms with Crippen molar-refractivity contribution in [1.29, 1.82) is 0 Å². The van der Waals surface area contributed by atoms with E-state index in [2.05, 4.69) is 10.5 Å². The summed E-state index contributed by atoms with van der Waals surface area (Å²) in [7, 11) is -2.72. The summed E-state index contributed by atoms with van der Waals surface area (Å²) >= 11 is 0.996. The van der Waals surface area contributed by atoms with Crippen molar-refractivity contribution in [3.63, 3.8) is 0 Å². The Bertz CT molecular complexity index is 1130. The van der Waals surface area contributed by atoms with Crippen LogP contribution < -0.4 is 11.1 Å². The summed E-state index contributed by atoms with van der Waals surface area (Å²) in [5.74, 6) is -0.456. The van der Waals surface area contributed by atoms with Gasteiger partial charge in [-0.2, -0.15) is 4.31 Å². The van der Waals surface area contributed by atoms with E-state index < -0.39 is 28.0 Å². The number of nitrogens with two attached hydrogens (primary N) is 1. The van der Waals surface area contributed by atoms with Gasteiger partial charge in [0.15, 0.2) is 0 Å². The van der Waals surface area contributed by atoms with Crippen LogP contribution in [0.2, 0.25) is 0 Å². The Kier molecular flexibility index (Phi) is 8.63. The number of hydrogen-bond acceptors (Lipinski definition) is 8. The van der Waals surface area contributed by atoms with E-state index in [1.54, 1.807) is 6.92 Å². The van der Waals surface area contributed by atoms with Crippen molar-refractivity contribution in [2.24, 2.45) is 5.16 Å². The van der Waals surface area contributed by atoms with Gasteiger partial charge in [0.25, 0.3) is 0 Å². The highest BCUT2D eigenvalue weighted by atomic mass is 32.2. The number of halogens is 1. The van der Waals surface area contributed by atoms with E-state index in [1.165, 1.54) is 37.4 Å². The molecule has 1 saturated carbocycles. The molecule has 4 N–H and O–H groups in total. The van der Waals surface area contributed by atoms with Crippen molar-refractivity contribution in [2.45, 2.75) is 56.1 Å². The molecule has 3 rings (SSSR count). The number of nitrogens with zero attached hydrogens (tertiary/aromatic N) is 2. The third kappa shape index (κ3) is 6.53. The van der Waals surface area contributed by atoms with E-state index in [4.69, 9.17) is 10.6 Å². The lowest BCUT2D eigenvalue weighted by Crippen LogP contribution is -2.35. The van der Waals surface area contributed by atoms with Gasteiger partial charge in [-0.15, -0.1) is 11.3 Å². The second-order valence-electron chi connectivity index (χ2n) is 8.23. The number of nitrogen functional groups attached to an aromatic ring is 1. The largest absolute Gasteiger partial charge is 0.433 e. The Morgan fingerprint density at radius 1 is 1.32 bits per heavy atom. The fourth-order valence-electron chi connectivity index (χ4n) is 3.66. The first-order valence-electron chi connectivity index (χ1n) is 10.9. The van der Waals surface area contributed by atoms with Crippen LogP contribution in [-0.4, -0.2) is 49.3 Å². The molecule has 1 fully saturated rings. The summed E-state index contributed by atoms with van der Waals surface area (Å²) in [5, 5.41) is 17.0. The molecule has 34 heavy (non-hydrogen) atoms. The normalized spacial score (nSPS) is 16.4. The van der Waals surface area contributed by atoms with Gasteiger partial charge in [0.05, 0.1) is 16.7 Å². The predicted molar refractivity (Wildman–Crippen MR) is 129 cm³/mol. The summed E-state index contributed by atoms with van der Waals surface area (Å²) in [4.78, 5) is 17.2. The second-order valence-corrected chi connectivity index (χ2v) is 11.3. The maximum absolute atomic E-state index is 13.1. The summed E-state index contributed by atoms with van der Waals surface area (Å²) in [6.07, 6.45) is 3.30. The lowest BCUT2D eigenvalue weighted by Gasteiger charge is -2.21. The molecule has 0 saturated heterocycles. The zero-order chi connectivity index (χ0) is 24.9. The summed E-state index contributed by atoms with van der Waals surface area (Å²) < 4.78 is 40.2. The molecular weight excluding hydrogens is 483 g/mol. The highest BCUT2D eigenvalue weighted by molar-refractivity contribution is 7.89. The van der Waals surface area contributed by atoms with Gasteiger partial charge in [0, 0.05) is 19.6 Å². The molecule has 1 unspecified atom stereocenters. The van der Waals surface area contributed by atoms with E-state index in [0.717, 1.165) is 47.7 Å². The number of thiophene rings is 1. The molecular formula is C22H29FN4O5S2. The van der Waals surface area contributed by atoms with Crippen molar-refractivity contribution in [1.82, 2.24) is 9.62 Å².